The summed E-state index contributed by atoms with van der Waals surface area (Å²) >= 11 is 4.79. The summed E-state index contributed by atoms with van der Waals surface area (Å²) < 4.78 is 5.25. The number of nitrogens with one attached hydrogen (secondary N) is 1. The van der Waals surface area contributed by atoms with Crippen molar-refractivity contribution in [2.75, 3.05) is 6.54 Å². The lowest BCUT2D eigenvalue weighted by atomic mass is 9.99. The van der Waals surface area contributed by atoms with E-state index in [1.165, 1.54) is 11.2 Å². The van der Waals surface area contributed by atoms with E-state index in [1.54, 1.807) is 19.1 Å². The van der Waals surface area contributed by atoms with Gasteiger partial charge in [0.15, 0.2) is 5.54 Å². The molecule has 1 aliphatic heterocycles. The number of thiocarbonyl (C=S) groups is 1. The normalized spacial score (nSPS) is 22.1. The van der Waals surface area contributed by atoms with Gasteiger partial charge in [-0.25, -0.2) is 4.79 Å². The largest absolute Gasteiger partial charge is 0.466 e. The van der Waals surface area contributed by atoms with Crippen LogP contribution >= 0.6 is 12.2 Å². The number of carbonyl (C=O) groups excluding carboxylic acids is 2. The lowest BCUT2D eigenvalue weighted by molar-refractivity contribution is -0.131. The Morgan fingerprint density at radius 1 is 1.50 bits per heavy atom. The molecule has 1 aromatic rings. The van der Waals surface area contributed by atoms with Gasteiger partial charge >= 0.3 is 6.03 Å². The van der Waals surface area contributed by atoms with Gasteiger partial charge in [-0.3, -0.25) is 9.69 Å². The molecule has 0 aromatic carbocycles. The van der Waals surface area contributed by atoms with Gasteiger partial charge < -0.3 is 15.5 Å². The van der Waals surface area contributed by atoms with Crippen molar-refractivity contribution in [3.8, 4) is 0 Å². The standard InChI is InChI=1S/C13H17N3O3S/c1-13(9-5-4-8-19-9)11(17)16(12(18)15-13)7-3-2-6-10(14)20/h4-5,8H,2-3,6-7H2,1H3,(H2,14,20)(H,15,18). The van der Waals surface area contributed by atoms with Crippen molar-refractivity contribution in [2.24, 2.45) is 5.73 Å². The summed E-state index contributed by atoms with van der Waals surface area (Å²) in [6, 6.07) is 2.96. The van der Waals surface area contributed by atoms with Gasteiger partial charge in [-0.05, 0) is 38.3 Å². The molecule has 1 aliphatic rings. The lowest BCUT2D eigenvalue weighted by Gasteiger charge is -2.18. The van der Waals surface area contributed by atoms with E-state index in [0.717, 1.165) is 6.42 Å². The monoisotopic (exact) mass is 295 g/mol. The fourth-order valence-electron chi connectivity index (χ4n) is 2.20. The van der Waals surface area contributed by atoms with E-state index in [-0.39, 0.29) is 5.91 Å². The lowest BCUT2D eigenvalue weighted by Crippen LogP contribution is -2.40. The molecule has 0 radical (unpaired) electrons. The van der Waals surface area contributed by atoms with Crippen LogP contribution in [0.3, 0.4) is 0 Å². The number of imide groups is 1. The van der Waals surface area contributed by atoms with Gasteiger partial charge in [-0.2, -0.15) is 0 Å². The first-order valence-electron chi connectivity index (χ1n) is 6.41. The van der Waals surface area contributed by atoms with E-state index in [0.29, 0.717) is 30.1 Å². The summed E-state index contributed by atoms with van der Waals surface area (Å²) in [7, 11) is 0. The number of nitrogens with zero attached hydrogens (tertiary/aromatic N) is 1. The van der Waals surface area contributed by atoms with Crippen LogP contribution in [0.2, 0.25) is 0 Å². The number of rotatable bonds is 6. The Labute approximate surface area is 122 Å². The first-order chi connectivity index (χ1) is 9.45. The van der Waals surface area contributed by atoms with Crippen LogP contribution in [-0.2, 0) is 10.3 Å². The number of nitrogens with two attached hydrogens (primary N) is 1. The first-order valence-corrected chi connectivity index (χ1v) is 6.82. The second kappa shape index (κ2) is 5.62. The molecule has 7 heteroatoms. The Morgan fingerprint density at radius 3 is 2.85 bits per heavy atom. The molecule has 0 aliphatic carbocycles. The molecule has 1 saturated heterocycles. The van der Waals surface area contributed by atoms with Gasteiger partial charge in [0.25, 0.3) is 5.91 Å². The van der Waals surface area contributed by atoms with Crippen LogP contribution in [0.5, 0.6) is 0 Å². The molecule has 2 heterocycles. The Balaban J connectivity index is 2.00. The number of hydrogen-bond acceptors (Lipinski definition) is 4. The highest BCUT2D eigenvalue weighted by Crippen LogP contribution is 2.29. The average molecular weight is 295 g/mol. The van der Waals surface area contributed by atoms with Gasteiger partial charge in [0.1, 0.15) is 5.76 Å². The quantitative estimate of drug-likeness (QED) is 0.472. The van der Waals surface area contributed by atoms with E-state index in [1.807, 2.05) is 0 Å². The predicted octanol–water partition coefficient (Wildman–Crippen LogP) is 1.50. The van der Waals surface area contributed by atoms with Crippen LogP contribution in [0.15, 0.2) is 22.8 Å². The minimum atomic E-state index is -1.12. The fraction of sp³-hybridized carbons (Fsp3) is 0.462. The van der Waals surface area contributed by atoms with E-state index in [4.69, 9.17) is 22.4 Å². The van der Waals surface area contributed by atoms with E-state index in [9.17, 15) is 9.59 Å². The number of amides is 3. The highest BCUT2D eigenvalue weighted by atomic mass is 32.1. The molecule has 1 atom stereocenters. The highest BCUT2D eigenvalue weighted by molar-refractivity contribution is 7.80. The van der Waals surface area contributed by atoms with Crippen molar-refractivity contribution < 1.29 is 14.0 Å². The smallest absolute Gasteiger partial charge is 0.325 e. The Hall–Kier alpha value is -1.89. The van der Waals surface area contributed by atoms with E-state index >= 15 is 0 Å². The number of hydrogen-bond donors (Lipinski definition) is 2. The van der Waals surface area contributed by atoms with Gasteiger partial charge in [0.2, 0.25) is 0 Å². The maximum Gasteiger partial charge on any atom is 0.325 e. The summed E-state index contributed by atoms with van der Waals surface area (Å²) in [5, 5.41) is 2.68. The molecule has 3 amide bonds. The summed E-state index contributed by atoms with van der Waals surface area (Å²) in [4.78, 5) is 26.0. The fourth-order valence-corrected chi connectivity index (χ4v) is 2.34. The second-order valence-electron chi connectivity index (χ2n) is 4.91. The van der Waals surface area contributed by atoms with Gasteiger partial charge in [0, 0.05) is 6.54 Å². The second-order valence-corrected chi connectivity index (χ2v) is 5.44. The third-order valence-electron chi connectivity index (χ3n) is 3.34. The van der Waals surface area contributed by atoms with Gasteiger partial charge in [-0.15, -0.1) is 0 Å². The molecule has 1 fully saturated rings. The Bertz CT molecular complexity index is 529. The third kappa shape index (κ3) is 2.67. The molecule has 6 nitrogen and oxygen atoms in total. The third-order valence-corrected chi connectivity index (χ3v) is 3.55. The van der Waals surface area contributed by atoms with Crippen LogP contribution in [0.25, 0.3) is 0 Å². The summed E-state index contributed by atoms with van der Waals surface area (Å²) in [5.41, 5.74) is 4.29. The van der Waals surface area contributed by atoms with Crippen LogP contribution in [0.1, 0.15) is 31.9 Å². The topological polar surface area (TPSA) is 88.6 Å². The summed E-state index contributed by atoms with van der Waals surface area (Å²) in [6.07, 6.45) is 3.52. The molecule has 2 rings (SSSR count). The van der Waals surface area contributed by atoms with Crippen LogP contribution in [-0.4, -0.2) is 28.4 Å². The number of carbonyl (C=O) groups is 2. The molecule has 1 aromatic heterocycles. The summed E-state index contributed by atoms with van der Waals surface area (Å²) in [5.74, 6) is 0.134. The van der Waals surface area contributed by atoms with Crippen molar-refractivity contribution >= 4 is 29.1 Å². The number of urea groups is 1. The van der Waals surface area contributed by atoms with Crippen molar-refractivity contribution in [3.63, 3.8) is 0 Å². The molecule has 108 valence electrons. The van der Waals surface area contributed by atoms with Crippen LogP contribution in [0.4, 0.5) is 4.79 Å². The predicted molar refractivity (Wildman–Crippen MR) is 76.9 cm³/mol. The van der Waals surface area contributed by atoms with Crippen molar-refractivity contribution in [2.45, 2.75) is 31.7 Å². The molecule has 0 spiro atoms. The molecule has 0 saturated carbocycles. The van der Waals surface area contributed by atoms with E-state index < -0.39 is 11.6 Å². The molecular weight excluding hydrogens is 278 g/mol. The Kier molecular flexibility index (Phi) is 4.08. The number of unbranched alkanes of at least 4 members (excludes halogenated alkanes) is 1. The minimum absolute atomic E-state index is 0.298. The zero-order chi connectivity index (χ0) is 14.8. The summed E-state index contributed by atoms with van der Waals surface area (Å²) in [6.45, 7) is 1.99. The molecule has 0 bridgehead atoms. The van der Waals surface area contributed by atoms with Crippen molar-refractivity contribution in [1.29, 1.82) is 0 Å². The average Bonchev–Trinajstić information content (AvgIpc) is 2.97. The van der Waals surface area contributed by atoms with Crippen molar-refractivity contribution in [3.05, 3.63) is 24.2 Å². The van der Waals surface area contributed by atoms with Crippen molar-refractivity contribution in [1.82, 2.24) is 10.2 Å². The molecule has 20 heavy (non-hydrogen) atoms. The molecule has 1 unspecified atom stereocenters. The zero-order valence-electron chi connectivity index (χ0n) is 11.2. The molecular formula is C13H17N3O3S. The van der Waals surface area contributed by atoms with Gasteiger partial charge in [0.05, 0.1) is 11.3 Å². The number of furan rings is 1. The van der Waals surface area contributed by atoms with Gasteiger partial charge in [-0.1, -0.05) is 12.2 Å². The van der Waals surface area contributed by atoms with Crippen LogP contribution < -0.4 is 11.1 Å². The SMILES string of the molecule is CC1(c2ccco2)NC(=O)N(CCCCC(N)=S)C1=O. The Morgan fingerprint density at radius 2 is 2.25 bits per heavy atom. The van der Waals surface area contributed by atoms with E-state index in [2.05, 4.69) is 5.32 Å². The first kappa shape index (κ1) is 14.5. The highest BCUT2D eigenvalue weighted by Gasteiger charge is 2.50. The maximum absolute atomic E-state index is 12.4. The maximum atomic E-state index is 12.4. The minimum Gasteiger partial charge on any atom is -0.466 e. The van der Waals surface area contributed by atoms with Crippen LogP contribution in [0, 0.1) is 0 Å². The zero-order valence-corrected chi connectivity index (χ0v) is 12.0. The molecule has 3 N–H and O–H groups in total.